The summed E-state index contributed by atoms with van der Waals surface area (Å²) in [5.41, 5.74) is 2.23. The third kappa shape index (κ3) is 2.88. The van der Waals surface area contributed by atoms with Gasteiger partial charge in [-0.1, -0.05) is 24.3 Å². The third-order valence-electron chi connectivity index (χ3n) is 4.21. The van der Waals surface area contributed by atoms with Crippen LogP contribution in [0.25, 0.3) is 0 Å². The highest BCUT2D eigenvalue weighted by Crippen LogP contribution is 2.41. The number of fused-ring (bicyclic) bond motifs is 3. The molecule has 1 aromatic carbocycles. The summed E-state index contributed by atoms with van der Waals surface area (Å²) >= 11 is 0. The number of aliphatic imine (C=N–C) groups is 1. The van der Waals surface area contributed by atoms with Crippen molar-refractivity contribution in [1.29, 1.82) is 0 Å². The summed E-state index contributed by atoms with van der Waals surface area (Å²) in [4.78, 5) is 4.61. The van der Waals surface area contributed by atoms with Gasteiger partial charge in [0.05, 0.1) is 18.4 Å². The summed E-state index contributed by atoms with van der Waals surface area (Å²) in [6.07, 6.45) is 3.66. The van der Waals surface area contributed by atoms with Crippen molar-refractivity contribution in [2.45, 2.75) is 37.0 Å². The molecule has 1 fully saturated rings. The Morgan fingerprint density at radius 2 is 2.00 bits per heavy atom. The smallest absolute Gasteiger partial charge is 0.264 e. The Morgan fingerprint density at radius 3 is 2.71 bits per heavy atom. The van der Waals surface area contributed by atoms with Crippen molar-refractivity contribution in [2.24, 2.45) is 4.99 Å². The Labute approximate surface area is 125 Å². The Kier molecular flexibility index (Phi) is 3.86. The van der Waals surface area contributed by atoms with Gasteiger partial charge in [0.2, 0.25) is 0 Å². The van der Waals surface area contributed by atoms with E-state index in [1.807, 2.05) is 24.4 Å². The predicted octanol–water partition coefficient (Wildman–Crippen LogP) is 1.72. The van der Waals surface area contributed by atoms with E-state index in [-0.39, 0.29) is 18.1 Å². The van der Waals surface area contributed by atoms with Crippen molar-refractivity contribution < 1.29 is 17.3 Å². The number of nitrogens with zero attached hydrogens (tertiary/aromatic N) is 1. The Morgan fingerprint density at radius 1 is 1.24 bits per heavy atom. The van der Waals surface area contributed by atoms with Crippen molar-refractivity contribution >= 4 is 16.3 Å². The third-order valence-corrected chi connectivity index (χ3v) is 4.81. The molecule has 1 aliphatic heterocycles. The van der Waals surface area contributed by atoms with Crippen LogP contribution in [0.4, 0.5) is 0 Å². The molecule has 0 bridgehead atoms. The fourth-order valence-electron chi connectivity index (χ4n) is 3.41. The number of hydrogen-bond donors (Lipinski definition) is 0. The van der Waals surface area contributed by atoms with Crippen LogP contribution in [-0.2, 0) is 19.0 Å². The second kappa shape index (κ2) is 5.51. The molecule has 5 nitrogen and oxygen atoms in total. The standard InChI is InChI=1S/C15H19NO4S/c1-19-15-13(20-21(2,17)18)8-7-12-14(15)11-6-4-3-5-10(11)9-16-12/h3-6,9,12-15H,7-8H2,1-2H3. The van der Waals surface area contributed by atoms with Crippen LogP contribution in [0.15, 0.2) is 29.3 Å². The number of benzene rings is 1. The first-order chi connectivity index (χ1) is 9.99. The average molecular weight is 309 g/mol. The van der Waals surface area contributed by atoms with Gasteiger partial charge in [0, 0.05) is 19.2 Å². The Balaban J connectivity index is 1.96. The van der Waals surface area contributed by atoms with Crippen LogP contribution in [0.3, 0.4) is 0 Å². The van der Waals surface area contributed by atoms with Gasteiger partial charge in [-0.2, -0.15) is 8.42 Å². The topological polar surface area (TPSA) is 65.0 Å². The van der Waals surface area contributed by atoms with Crippen molar-refractivity contribution in [3.63, 3.8) is 0 Å². The van der Waals surface area contributed by atoms with Crippen molar-refractivity contribution in [3.8, 4) is 0 Å². The van der Waals surface area contributed by atoms with Gasteiger partial charge in [0.25, 0.3) is 10.1 Å². The van der Waals surface area contributed by atoms with Gasteiger partial charge in [-0.3, -0.25) is 9.18 Å². The molecule has 6 heteroatoms. The number of methoxy groups -OCH3 is 1. The minimum absolute atomic E-state index is 0.0386. The minimum Gasteiger partial charge on any atom is -0.378 e. The van der Waals surface area contributed by atoms with Crippen LogP contribution in [0.5, 0.6) is 0 Å². The zero-order chi connectivity index (χ0) is 15.0. The molecule has 1 aromatic rings. The fourth-order valence-corrected chi connectivity index (χ4v) is 4.07. The van der Waals surface area contributed by atoms with E-state index < -0.39 is 16.2 Å². The molecule has 0 spiro atoms. The highest BCUT2D eigenvalue weighted by atomic mass is 32.2. The van der Waals surface area contributed by atoms with Crippen molar-refractivity contribution in [2.75, 3.05) is 13.4 Å². The quantitative estimate of drug-likeness (QED) is 0.798. The maximum atomic E-state index is 11.5. The van der Waals surface area contributed by atoms with Crippen LogP contribution in [0, 0.1) is 0 Å². The second-order valence-electron chi connectivity index (χ2n) is 5.62. The largest absolute Gasteiger partial charge is 0.378 e. The zero-order valence-electron chi connectivity index (χ0n) is 12.1. The molecule has 4 atom stereocenters. The summed E-state index contributed by atoms with van der Waals surface area (Å²) in [6, 6.07) is 8.17. The Bertz CT molecular complexity index is 655. The summed E-state index contributed by atoms with van der Waals surface area (Å²) in [5.74, 6) is 0.0386. The molecule has 21 heavy (non-hydrogen) atoms. The molecule has 0 amide bonds. The van der Waals surface area contributed by atoms with Crippen molar-refractivity contribution in [3.05, 3.63) is 35.4 Å². The molecule has 1 saturated carbocycles. The predicted molar refractivity (Wildman–Crippen MR) is 80.3 cm³/mol. The van der Waals surface area contributed by atoms with Gasteiger partial charge < -0.3 is 4.74 Å². The number of rotatable bonds is 3. The number of hydrogen-bond acceptors (Lipinski definition) is 5. The van der Waals surface area contributed by atoms with Gasteiger partial charge in [-0.15, -0.1) is 0 Å². The molecule has 2 aliphatic rings. The van der Waals surface area contributed by atoms with E-state index in [1.54, 1.807) is 7.11 Å². The highest BCUT2D eigenvalue weighted by Gasteiger charge is 2.44. The number of ether oxygens (including phenoxy) is 1. The van der Waals surface area contributed by atoms with Crippen molar-refractivity contribution in [1.82, 2.24) is 0 Å². The molecular formula is C15H19NO4S. The summed E-state index contributed by atoms with van der Waals surface area (Å²) in [5, 5.41) is 0. The van der Waals surface area contributed by atoms with Gasteiger partial charge in [0.15, 0.2) is 0 Å². The van der Waals surface area contributed by atoms with Crippen LogP contribution < -0.4 is 0 Å². The van der Waals surface area contributed by atoms with E-state index in [0.29, 0.717) is 6.42 Å². The summed E-state index contributed by atoms with van der Waals surface area (Å²) in [7, 11) is -1.90. The van der Waals surface area contributed by atoms with E-state index in [0.717, 1.165) is 23.8 Å². The molecule has 0 N–H and O–H groups in total. The van der Waals surface area contributed by atoms with Crippen LogP contribution in [0.1, 0.15) is 29.9 Å². The molecule has 1 aliphatic carbocycles. The monoisotopic (exact) mass is 309 g/mol. The minimum atomic E-state index is -3.50. The molecule has 0 saturated heterocycles. The molecule has 0 radical (unpaired) electrons. The maximum absolute atomic E-state index is 11.5. The molecule has 4 unspecified atom stereocenters. The van der Waals surface area contributed by atoms with E-state index in [9.17, 15) is 8.42 Å². The molecular weight excluding hydrogens is 290 g/mol. The Hall–Kier alpha value is -1.24. The van der Waals surface area contributed by atoms with Gasteiger partial charge in [-0.05, 0) is 24.0 Å². The molecule has 0 aromatic heterocycles. The molecule has 1 heterocycles. The van der Waals surface area contributed by atoms with Crippen LogP contribution >= 0.6 is 0 Å². The van der Waals surface area contributed by atoms with E-state index >= 15 is 0 Å². The summed E-state index contributed by atoms with van der Waals surface area (Å²) < 4.78 is 33.8. The zero-order valence-corrected chi connectivity index (χ0v) is 12.9. The fraction of sp³-hybridized carbons (Fsp3) is 0.533. The van der Waals surface area contributed by atoms with Gasteiger partial charge in [0.1, 0.15) is 6.10 Å². The van der Waals surface area contributed by atoms with E-state index in [2.05, 4.69) is 11.1 Å². The SMILES string of the molecule is COC1C(OS(C)(=O)=O)CCC2N=Cc3ccccc3C21. The first-order valence-electron chi connectivity index (χ1n) is 7.03. The van der Waals surface area contributed by atoms with E-state index in [1.165, 1.54) is 0 Å². The first kappa shape index (κ1) is 14.7. The van der Waals surface area contributed by atoms with E-state index in [4.69, 9.17) is 8.92 Å². The lowest BCUT2D eigenvalue weighted by Gasteiger charge is -2.42. The lowest BCUT2D eigenvalue weighted by Crippen LogP contribution is -2.47. The van der Waals surface area contributed by atoms with Crippen LogP contribution in [0.2, 0.25) is 0 Å². The maximum Gasteiger partial charge on any atom is 0.264 e. The highest BCUT2D eigenvalue weighted by molar-refractivity contribution is 7.86. The average Bonchev–Trinajstić information content (AvgIpc) is 2.45. The lowest BCUT2D eigenvalue weighted by molar-refractivity contribution is -0.0393. The normalized spacial score (nSPS) is 31.5. The molecule has 3 rings (SSSR count). The van der Waals surface area contributed by atoms with Gasteiger partial charge >= 0.3 is 0 Å². The molecule has 114 valence electrons. The lowest BCUT2D eigenvalue weighted by atomic mass is 9.74. The first-order valence-corrected chi connectivity index (χ1v) is 8.84. The summed E-state index contributed by atoms with van der Waals surface area (Å²) in [6.45, 7) is 0. The second-order valence-corrected chi connectivity index (χ2v) is 7.22. The van der Waals surface area contributed by atoms with Crippen LogP contribution in [-0.4, -0.2) is 46.2 Å². The van der Waals surface area contributed by atoms with Gasteiger partial charge in [-0.25, -0.2) is 0 Å².